The average Bonchev–Trinajstić information content (AvgIpc) is 2.38. The van der Waals surface area contributed by atoms with Crippen molar-refractivity contribution >= 4 is 15.8 Å². The number of rotatable bonds is 7. The van der Waals surface area contributed by atoms with Crippen LogP contribution in [0, 0.1) is 0 Å². The van der Waals surface area contributed by atoms with E-state index in [-0.39, 0.29) is 0 Å². The van der Waals surface area contributed by atoms with Crippen molar-refractivity contribution < 1.29 is 13.2 Å². The van der Waals surface area contributed by atoms with Gasteiger partial charge in [0.25, 0.3) is 0 Å². The molecular formula is C13H21N3O3S. The molecule has 0 spiro atoms. The number of nitrogens with zero attached hydrogens (tertiary/aromatic N) is 1. The lowest BCUT2D eigenvalue weighted by atomic mass is 10.1. The number of nitrogens with two attached hydrogens (primary N) is 1. The summed E-state index contributed by atoms with van der Waals surface area (Å²) in [6, 6.07) is 6.83. The molecule has 0 heterocycles. The Labute approximate surface area is 120 Å². The molecule has 0 atom stereocenters. The summed E-state index contributed by atoms with van der Waals surface area (Å²) in [7, 11) is -1.52. The topological polar surface area (TPSA) is 93.8 Å². The fourth-order valence-corrected chi connectivity index (χ4v) is 2.18. The first-order chi connectivity index (χ1) is 9.43. The molecule has 6 nitrogen and oxygen atoms in total. The van der Waals surface area contributed by atoms with Gasteiger partial charge in [0, 0.05) is 19.9 Å². The fraction of sp³-hybridized carbons (Fsp3) is 0.462. The standard InChI is InChI=1S/C13H21N3O3S/c1-19-10-9-16-13(14)15-8-7-11-3-5-12(6-4-11)20(2,17)18/h3-6H,7-10H2,1-2H3,(H3,14,15,16). The summed E-state index contributed by atoms with van der Waals surface area (Å²) in [5.74, 6) is 0.384. The Bertz CT molecular complexity index is 538. The van der Waals surface area contributed by atoms with Gasteiger partial charge in [-0.2, -0.15) is 0 Å². The van der Waals surface area contributed by atoms with Crippen LogP contribution in [0.1, 0.15) is 5.56 Å². The van der Waals surface area contributed by atoms with Gasteiger partial charge in [0.1, 0.15) is 0 Å². The van der Waals surface area contributed by atoms with Gasteiger partial charge in [0.15, 0.2) is 15.8 Å². The van der Waals surface area contributed by atoms with Crippen molar-refractivity contribution in [3.05, 3.63) is 29.8 Å². The number of ether oxygens (including phenoxy) is 1. The van der Waals surface area contributed by atoms with Crippen molar-refractivity contribution in [1.82, 2.24) is 5.32 Å². The highest BCUT2D eigenvalue weighted by Crippen LogP contribution is 2.10. The second kappa shape index (κ2) is 7.86. The molecule has 0 fully saturated rings. The van der Waals surface area contributed by atoms with Gasteiger partial charge in [0.05, 0.1) is 18.0 Å². The number of guanidine groups is 1. The molecule has 0 aromatic heterocycles. The molecule has 0 aliphatic heterocycles. The largest absolute Gasteiger partial charge is 0.383 e. The SMILES string of the molecule is COCCN=C(N)NCCc1ccc(S(C)(=O)=O)cc1. The molecule has 0 aliphatic rings. The minimum Gasteiger partial charge on any atom is -0.383 e. The van der Waals surface area contributed by atoms with E-state index in [2.05, 4.69) is 10.3 Å². The van der Waals surface area contributed by atoms with E-state index in [9.17, 15) is 8.42 Å². The van der Waals surface area contributed by atoms with E-state index in [0.29, 0.717) is 30.6 Å². The fourth-order valence-electron chi connectivity index (χ4n) is 1.55. The molecule has 0 bridgehead atoms. The van der Waals surface area contributed by atoms with Crippen LogP contribution in [-0.4, -0.2) is 47.4 Å². The first-order valence-corrected chi connectivity index (χ1v) is 8.14. The van der Waals surface area contributed by atoms with Gasteiger partial charge in [-0.05, 0) is 24.1 Å². The van der Waals surface area contributed by atoms with Gasteiger partial charge in [-0.1, -0.05) is 12.1 Å². The molecule has 0 amide bonds. The molecule has 1 aromatic rings. The van der Waals surface area contributed by atoms with Crippen LogP contribution in [0.4, 0.5) is 0 Å². The summed E-state index contributed by atoms with van der Waals surface area (Å²) in [6.45, 7) is 1.70. The Hall–Kier alpha value is -1.60. The maximum absolute atomic E-state index is 11.3. The summed E-state index contributed by atoms with van der Waals surface area (Å²) < 4.78 is 27.5. The minimum atomic E-state index is -3.13. The highest BCUT2D eigenvalue weighted by Gasteiger charge is 2.05. The van der Waals surface area contributed by atoms with Gasteiger partial charge < -0.3 is 15.8 Å². The molecule has 0 unspecified atom stereocenters. The molecule has 20 heavy (non-hydrogen) atoms. The van der Waals surface area contributed by atoms with E-state index < -0.39 is 9.84 Å². The Morgan fingerprint density at radius 2 is 2.00 bits per heavy atom. The lowest BCUT2D eigenvalue weighted by molar-refractivity contribution is 0.208. The Morgan fingerprint density at radius 3 is 2.55 bits per heavy atom. The van der Waals surface area contributed by atoms with Crippen molar-refractivity contribution in [1.29, 1.82) is 0 Å². The number of nitrogens with one attached hydrogen (secondary N) is 1. The van der Waals surface area contributed by atoms with Crippen molar-refractivity contribution in [2.75, 3.05) is 33.1 Å². The molecule has 0 radical (unpaired) electrons. The summed E-state index contributed by atoms with van der Waals surface area (Å²) >= 11 is 0. The molecular weight excluding hydrogens is 278 g/mol. The summed E-state index contributed by atoms with van der Waals surface area (Å²) in [4.78, 5) is 4.40. The predicted molar refractivity (Wildman–Crippen MR) is 79.6 cm³/mol. The molecule has 1 aromatic carbocycles. The minimum absolute atomic E-state index is 0.329. The van der Waals surface area contributed by atoms with Crippen molar-refractivity contribution in [2.45, 2.75) is 11.3 Å². The van der Waals surface area contributed by atoms with E-state index in [1.807, 2.05) is 0 Å². The van der Waals surface area contributed by atoms with Gasteiger partial charge in [-0.3, -0.25) is 4.99 Å². The van der Waals surface area contributed by atoms with Crippen LogP contribution >= 0.6 is 0 Å². The maximum Gasteiger partial charge on any atom is 0.188 e. The lowest BCUT2D eigenvalue weighted by Gasteiger charge is -2.06. The third-order valence-electron chi connectivity index (χ3n) is 2.65. The molecule has 0 saturated carbocycles. The molecule has 1 rings (SSSR count). The van der Waals surface area contributed by atoms with Crippen molar-refractivity contribution in [2.24, 2.45) is 10.7 Å². The van der Waals surface area contributed by atoms with Crippen LogP contribution in [0.15, 0.2) is 34.2 Å². The van der Waals surface area contributed by atoms with Gasteiger partial charge in [0.2, 0.25) is 0 Å². The number of benzene rings is 1. The zero-order valence-corrected chi connectivity index (χ0v) is 12.6. The maximum atomic E-state index is 11.3. The van der Waals surface area contributed by atoms with E-state index in [1.165, 1.54) is 6.26 Å². The number of sulfone groups is 1. The van der Waals surface area contributed by atoms with E-state index >= 15 is 0 Å². The van der Waals surface area contributed by atoms with Gasteiger partial charge >= 0.3 is 0 Å². The highest BCUT2D eigenvalue weighted by molar-refractivity contribution is 7.90. The Kier molecular flexibility index (Phi) is 6.47. The first kappa shape index (κ1) is 16.5. The summed E-state index contributed by atoms with van der Waals surface area (Å²) in [6.07, 6.45) is 1.94. The molecule has 3 N–H and O–H groups in total. The highest BCUT2D eigenvalue weighted by atomic mass is 32.2. The zero-order chi connectivity index (χ0) is 15.0. The van der Waals surface area contributed by atoms with Gasteiger partial charge in [-0.25, -0.2) is 8.42 Å². The molecule has 0 aliphatic carbocycles. The quantitative estimate of drug-likeness (QED) is 0.426. The number of hydrogen-bond acceptors (Lipinski definition) is 4. The zero-order valence-electron chi connectivity index (χ0n) is 11.8. The van der Waals surface area contributed by atoms with Crippen molar-refractivity contribution in [3.63, 3.8) is 0 Å². The van der Waals surface area contributed by atoms with Crippen LogP contribution in [0.2, 0.25) is 0 Å². The van der Waals surface area contributed by atoms with Crippen LogP contribution in [0.25, 0.3) is 0 Å². The summed E-state index contributed by atoms with van der Waals surface area (Å²) in [5, 5.41) is 2.99. The number of aliphatic imine (C=N–C) groups is 1. The number of methoxy groups -OCH3 is 1. The Morgan fingerprint density at radius 1 is 1.35 bits per heavy atom. The van der Waals surface area contributed by atoms with Crippen molar-refractivity contribution in [3.8, 4) is 0 Å². The normalized spacial score (nSPS) is 12.4. The number of hydrogen-bond donors (Lipinski definition) is 2. The van der Waals surface area contributed by atoms with Crippen LogP contribution in [0.3, 0.4) is 0 Å². The third kappa shape index (κ3) is 6.03. The average molecular weight is 299 g/mol. The van der Waals surface area contributed by atoms with E-state index in [4.69, 9.17) is 10.5 Å². The second-order valence-corrected chi connectivity index (χ2v) is 6.37. The smallest absolute Gasteiger partial charge is 0.188 e. The summed E-state index contributed by atoms with van der Waals surface area (Å²) in [5.41, 5.74) is 6.70. The lowest BCUT2D eigenvalue weighted by Crippen LogP contribution is -2.33. The Balaban J connectivity index is 2.41. The monoisotopic (exact) mass is 299 g/mol. The molecule has 0 saturated heterocycles. The van der Waals surface area contributed by atoms with Crippen LogP contribution < -0.4 is 11.1 Å². The van der Waals surface area contributed by atoms with E-state index in [1.54, 1.807) is 31.4 Å². The van der Waals surface area contributed by atoms with E-state index in [0.717, 1.165) is 12.0 Å². The molecule has 7 heteroatoms. The first-order valence-electron chi connectivity index (χ1n) is 6.25. The molecule has 112 valence electrons. The van der Waals surface area contributed by atoms with Crippen LogP contribution in [0.5, 0.6) is 0 Å². The second-order valence-electron chi connectivity index (χ2n) is 4.35. The predicted octanol–water partition coefficient (Wildman–Crippen LogP) is 0.183. The van der Waals surface area contributed by atoms with Gasteiger partial charge in [-0.15, -0.1) is 0 Å². The third-order valence-corrected chi connectivity index (χ3v) is 3.78. The van der Waals surface area contributed by atoms with Crippen LogP contribution in [-0.2, 0) is 21.0 Å².